The van der Waals surface area contributed by atoms with Gasteiger partial charge in [-0.1, -0.05) is 36.4 Å². The van der Waals surface area contributed by atoms with Crippen LogP contribution >= 0.6 is 0 Å². The third-order valence-electron chi connectivity index (χ3n) is 6.93. The number of imidazole rings is 1. The van der Waals surface area contributed by atoms with E-state index in [1.807, 2.05) is 60.7 Å². The van der Waals surface area contributed by atoms with Gasteiger partial charge in [0.2, 0.25) is 0 Å². The van der Waals surface area contributed by atoms with E-state index in [9.17, 15) is 9.90 Å². The lowest BCUT2D eigenvalue weighted by molar-refractivity contribution is 0.175. The summed E-state index contributed by atoms with van der Waals surface area (Å²) in [6.45, 7) is 2.41. The molecule has 8 nitrogen and oxygen atoms in total. The molecule has 6 rings (SSSR count). The fourth-order valence-corrected chi connectivity index (χ4v) is 4.97. The number of ether oxygens (including phenoxy) is 1. The van der Waals surface area contributed by atoms with Crippen LogP contribution < -0.4 is 10.3 Å². The summed E-state index contributed by atoms with van der Waals surface area (Å²) in [7, 11) is 1.62. The summed E-state index contributed by atoms with van der Waals surface area (Å²) in [6, 6.07) is 23.7. The van der Waals surface area contributed by atoms with Crippen molar-refractivity contribution in [3.05, 3.63) is 101 Å². The fourth-order valence-electron chi connectivity index (χ4n) is 4.97. The van der Waals surface area contributed by atoms with E-state index >= 15 is 0 Å². The summed E-state index contributed by atoms with van der Waals surface area (Å²) in [5.74, 6) is 0.739. The van der Waals surface area contributed by atoms with Crippen molar-refractivity contribution < 1.29 is 9.84 Å². The van der Waals surface area contributed by atoms with Crippen molar-refractivity contribution >= 4 is 11.2 Å². The maximum atomic E-state index is 13.5. The number of β-amino-alcohol motifs (C(OH)–C–C–N with tert-alkyl or cyclic N) is 1. The molecule has 0 unspecified atom stereocenters. The minimum absolute atomic E-state index is 0.195. The molecule has 186 valence electrons. The van der Waals surface area contributed by atoms with E-state index < -0.39 is 0 Å². The smallest absolute Gasteiger partial charge is 0.284 e. The van der Waals surface area contributed by atoms with Crippen LogP contribution in [0.3, 0.4) is 0 Å². The first-order valence-electron chi connectivity index (χ1n) is 12.3. The molecule has 0 aliphatic carbocycles. The molecule has 37 heavy (non-hydrogen) atoms. The summed E-state index contributed by atoms with van der Waals surface area (Å²) in [6.07, 6.45) is 3.72. The number of likely N-dealkylation sites (tertiary alicyclic amines) is 1. The number of hydrogen-bond acceptors (Lipinski definition) is 6. The maximum Gasteiger partial charge on any atom is 0.284 e. The van der Waals surface area contributed by atoms with Gasteiger partial charge >= 0.3 is 0 Å². The Hall–Kier alpha value is -4.27. The van der Waals surface area contributed by atoms with Gasteiger partial charge in [0.15, 0.2) is 11.2 Å². The maximum absolute atomic E-state index is 13.5. The van der Waals surface area contributed by atoms with Crippen LogP contribution in [-0.2, 0) is 6.54 Å². The zero-order chi connectivity index (χ0) is 25.4. The number of benzene rings is 3. The zero-order valence-electron chi connectivity index (χ0n) is 20.5. The van der Waals surface area contributed by atoms with E-state index in [1.54, 1.807) is 22.6 Å². The molecule has 1 aliphatic heterocycles. The Morgan fingerprint density at radius 3 is 2.30 bits per heavy atom. The highest BCUT2D eigenvalue weighted by Crippen LogP contribution is 2.27. The van der Waals surface area contributed by atoms with Crippen molar-refractivity contribution in [1.82, 2.24) is 24.0 Å². The van der Waals surface area contributed by atoms with E-state index in [1.165, 1.54) is 11.9 Å². The van der Waals surface area contributed by atoms with Gasteiger partial charge in [0.1, 0.15) is 18.4 Å². The summed E-state index contributed by atoms with van der Waals surface area (Å²) >= 11 is 0. The Morgan fingerprint density at radius 2 is 1.59 bits per heavy atom. The molecule has 1 atom stereocenters. The normalized spacial score (nSPS) is 15.9. The molecule has 0 radical (unpaired) electrons. The van der Waals surface area contributed by atoms with Crippen molar-refractivity contribution in [3.8, 4) is 28.3 Å². The number of hydrogen-bond donors (Lipinski definition) is 1. The lowest BCUT2D eigenvalue weighted by Gasteiger charge is -2.18. The molecule has 3 heterocycles. The van der Waals surface area contributed by atoms with E-state index in [0.29, 0.717) is 17.7 Å². The third-order valence-corrected chi connectivity index (χ3v) is 6.93. The molecule has 0 saturated carbocycles. The molecule has 1 aliphatic rings. The number of methoxy groups -OCH3 is 1. The average Bonchev–Trinajstić information content (AvgIpc) is 3.56. The van der Waals surface area contributed by atoms with Gasteiger partial charge in [-0.15, -0.1) is 0 Å². The van der Waals surface area contributed by atoms with Crippen molar-refractivity contribution in [2.45, 2.75) is 19.1 Å². The fraction of sp³-hybridized carbons (Fsp3) is 0.207. The number of aliphatic hydroxyl groups is 1. The molecule has 1 saturated heterocycles. The van der Waals surface area contributed by atoms with E-state index in [-0.39, 0.29) is 11.7 Å². The van der Waals surface area contributed by atoms with Crippen LogP contribution in [0, 0.1) is 0 Å². The van der Waals surface area contributed by atoms with E-state index in [0.717, 1.165) is 47.8 Å². The molecule has 8 heteroatoms. The van der Waals surface area contributed by atoms with Crippen LogP contribution in [-0.4, -0.2) is 55.4 Å². The Balaban J connectivity index is 1.33. The number of fused-ring (bicyclic) bond motifs is 1. The van der Waals surface area contributed by atoms with Crippen molar-refractivity contribution in [1.29, 1.82) is 0 Å². The van der Waals surface area contributed by atoms with Crippen LogP contribution in [0.5, 0.6) is 5.75 Å². The molecule has 3 aromatic carbocycles. The topological polar surface area (TPSA) is 85.4 Å². The molecule has 0 spiro atoms. The molecule has 1 fully saturated rings. The van der Waals surface area contributed by atoms with Crippen LogP contribution in [0.15, 0.2) is 90.2 Å². The van der Waals surface area contributed by atoms with Gasteiger partial charge in [-0.2, -0.15) is 0 Å². The summed E-state index contributed by atoms with van der Waals surface area (Å²) in [4.78, 5) is 24.6. The standard InChI is InChI=1S/C29H27N5O3/c1-37-25-12-10-22(11-13-25)33-18-30-28-27(33)29(36)34(19-31-28)23-8-6-20(7-9-23)26-5-3-2-4-21(26)16-32-15-14-24(35)17-32/h2-13,18-19,24,35H,14-17H2,1H3/t24-/m0/s1. The Bertz CT molecular complexity index is 1610. The van der Waals surface area contributed by atoms with Gasteiger partial charge in [-0.05, 0) is 59.5 Å². The van der Waals surface area contributed by atoms with Gasteiger partial charge in [-0.25, -0.2) is 9.97 Å². The molecule has 1 N–H and O–H groups in total. The zero-order valence-corrected chi connectivity index (χ0v) is 20.5. The second-order valence-electron chi connectivity index (χ2n) is 9.29. The highest BCUT2D eigenvalue weighted by atomic mass is 16.5. The predicted molar refractivity (Wildman–Crippen MR) is 142 cm³/mol. The Labute approximate surface area is 214 Å². The van der Waals surface area contributed by atoms with Gasteiger partial charge in [-0.3, -0.25) is 18.8 Å². The van der Waals surface area contributed by atoms with Crippen LogP contribution in [0.1, 0.15) is 12.0 Å². The minimum Gasteiger partial charge on any atom is -0.497 e. The van der Waals surface area contributed by atoms with Gasteiger partial charge in [0.25, 0.3) is 5.56 Å². The molecule has 5 aromatic rings. The van der Waals surface area contributed by atoms with Gasteiger partial charge in [0, 0.05) is 25.3 Å². The second-order valence-corrected chi connectivity index (χ2v) is 9.29. The van der Waals surface area contributed by atoms with Crippen LogP contribution in [0.25, 0.3) is 33.7 Å². The van der Waals surface area contributed by atoms with Gasteiger partial charge < -0.3 is 9.84 Å². The Morgan fingerprint density at radius 1 is 0.919 bits per heavy atom. The first-order chi connectivity index (χ1) is 18.1. The second kappa shape index (κ2) is 9.65. The predicted octanol–water partition coefficient (Wildman–Crippen LogP) is 3.81. The molecule has 0 amide bonds. The molecular formula is C29H27N5O3. The number of aromatic nitrogens is 4. The minimum atomic E-state index is -0.239. The van der Waals surface area contributed by atoms with Gasteiger partial charge in [0.05, 0.1) is 18.9 Å². The molecular weight excluding hydrogens is 466 g/mol. The molecule has 0 bridgehead atoms. The Kier molecular flexibility index (Phi) is 6.04. The first kappa shape index (κ1) is 23.1. The van der Waals surface area contributed by atoms with Crippen molar-refractivity contribution in [2.75, 3.05) is 20.2 Å². The molecule has 2 aromatic heterocycles. The monoisotopic (exact) mass is 493 g/mol. The number of aliphatic hydroxyl groups excluding tert-OH is 1. The van der Waals surface area contributed by atoms with E-state index in [4.69, 9.17) is 4.74 Å². The van der Waals surface area contributed by atoms with E-state index in [2.05, 4.69) is 27.0 Å². The average molecular weight is 494 g/mol. The summed E-state index contributed by atoms with van der Waals surface area (Å²) in [5, 5.41) is 9.90. The lowest BCUT2D eigenvalue weighted by Crippen LogP contribution is -2.21. The van der Waals surface area contributed by atoms with Crippen molar-refractivity contribution in [3.63, 3.8) is 0 Å². The SMILES string of the molecule is COc1ccc(-n2cnc3ncn(-c4ccc(-c5ccccc5CN5CC[C@H](O)C5)cc4)c(=O)c32)cc1. The first-order valence-corrected chi connectivity index (χ1v) is 12.3. The number of rotatable bonds is 6. The van der Waals surface area contributed by atoms with Crippen LogP contribution in [0.2, 0.25) is 0 Å². The largest absolute Gasteiger partial charge is 0.497 e. The lowest BCUT2D eigenvalue weighted by atomic mass is 9.99. The van der Waals surface area contributed by atoms with Crippen molar-refractivity contribution in [2.24, 2.45) is 0 Å². The van der Waals surface area contributed by atoms with Crippen LogP contribution in [0.4, 0.5) is 0 Å². The third kappa shape index (κ3) is 4.41. The summed E-state index contributed by atoms with van der Waals surface area (Å²) in [5.41, 5.74) is 5.58. The highest BCUT2D eigenvalue weighted by molar-refractivity contribution is 5.73. The summed E-state index contributed by atoms with van der Waals surface area (Å²) < 4.78 is 8.54. The highest BCUT2D eigenvalue weighted by Gasteiger charge is 2.21. The quantitative estimate of drug-likeness (QED) is 0.387. The number of nitrogens with zero attached hydrogens (tertiary/aromatic N) is 5.